The Hall–Kier alpha value is -2.87. The third-order valence-electron chi connectivity index (χ3n) is 14.2. The maximum atomic E-state index is 14.0. The summed E-state index contributed by atoms with van der Waals surface area (Å²) in [6, 6.07) is 20.7. The molecule has 2 fully saturated rings. The lowest BCUT2D eigenvalue weighted by Crippen LogP contribution is -2.52. The first-order valence-corrected chi connectivity index (χ1v) is 19.4. The normalized spacial score (nSPS) is 31.1. The molecule has 2 heteroatoms. The number of carbonyl (C=O) groups excluding carboxylic acids is 1. The highest BCUT2D eigenvalue weighted by Gasteiger charge is 2.56. The number of benzene rings is 3. The van der Waals surface area contributed by atoms with Crippen LogP contribution >= 0.6 is 0 Å². The van der Waals surface area contributed by atoms with Crippen molar-refractivity contribution < 1.29 is 9.53 Å². The van der Waals surface area contributed by atoms with E-state index in [2.05, 4.69) is 79.7 Å². The molecule has 0 amide bonds. The van der Waals surface area contributed by atoms with E-state index in [4.69, 9.17) is 4.74 Å². The van der Waals surface area contributed by atoms with Gasteiger partial charge in [0.15, 0.2) is 0 Å². The first kappa shape index (κ1) is 33.6. The second kappa shape index (κ2) is 12.5. The largest absolute Gasteiger partial charge is 0.460 e. The minimum atomic E-state index is -0.480. The van der Waals surface area contributed by atoms with E-state index in [-0.39, 0.29) is 22.7 Å². The number of aryl methyl sites for hydroxylation is 2. The molecular weight excluding hydrogens is 585 g/mol. The fraction of sp³-hybridized carbons (Fsp3) is 0.587. The van der Waals surface area contributed by atoms with Crippen LogP contribution in [0.1, 0.15) is 158 Å². The fourth-order valence-electron chi connectivity index (χ4n) is 11.5. The summed E-state index contributed by atoms with van der Waals surface area (Å²) in [4.78, 5) is 14.0. The lowest BCUT2D eigenvalue weighted by Gasteiger charge is -2.54. The second-order valence-corrected chi connectivity index (χ2v) is 17.8. The van der Waals surface area contributed by atoms with Gasteiger partial charge >= 0.3 is 5.97 Å². The molecule has 0 saturated heterocycles. The van der Waals surface area contributed by atoms with Crippen LogP contribution < -0.4 is 0 Å². The zero-order valence-electron chi connectivity index (χ0n) is 31.2. The molecule has 0 spiro atoms. The number of esters is 1. The number of ether oxygens (including phenoxy) is 1. The molecule has 0 aromatic heterocycles. The van der Waals surface area contributed by atoms with Crippen LogP contribution in [-0.4, -0.2) is 5.97 Å². The highest BCUT2D eigenvalue weighted by molar-refractivity contribution is 5.79. The van der Waals surface area contributed by atoms with E-state index in [1.54, 1.807) is 11.1 Å². The summed E-state index contributed by atoms with van der Waals surface area (Å²) in [5.41, 5.74) is 13.0. The third-order valence-corrected chi connectivity index (χ3v) is 14.2. The van der Waals surface area contributed by atoms with Gasteiger partial charge in [-0.2, -0.15) is 0 Å². The predicted octanol–water partition coefficient (Wildman–Crippen LogP) is 12.0. The highest BCUT2D eigenvalue weighted by Crippen LogP contribution is 2.59. The number of carbonyl (C=O) groups is 1. The van der Waals surface area contributed by atoms with E-state index in [1.165, 1.54) is 65.5 Å². The molecule has 0 bridgehead atoms. The second-order valence-electron chi connectivity index (χ2n) is 17.8. The van der Waals surface area contributed by atoms with E-state index >= 15 is 0 Å². The Labute approximate surface area is 291 Å². The van der Waals surface area contributed by atoms with Crippen LogP contribution in [0.4, 0.5) is 0 Å². The maximum absolute atomic E-state index is 14.0. The van der Waals surface area contributed by atoms with Crippen molar-refractivity contribution in [2.24, 2.45) is 23.2 Å². The number of fused-ring (bicyclic) bond motifs is 6. The van der Waals surface area contributed by atoms with Crippen molar-refractivity contribution in [1.29, 1.82) is 0 Å². The van der Waals surface area contributed by atoms with E-state index in [0.717, 1.165) is 49.5 Å². The fourth-order valence-corrected chi connectivity index (χ4v) is 11.5. The van der Waals surface area contributed by atoms with Gasteiger partial charge in [0.1, 0.15) is 6.61 Å². The minimum absolute atomic E-state index is 0.00829. The van der Waals surface area contributed by atoms with Crippen molar-refractivity contribution in [3.63, 3.8) is 0 Å². The van der Waals surface area contributed by atoms with E-state index in [0.29, 0.717) is 18.4 Å². The molecule has 256 valence electrons. The third kappa shape index (κ3) is 5.39. The lowest BCUT2D eigenvalue weighted by molar-refractivity contribution is -0.166. The van der Waals surface area contributed by atoms with Gasteiger partial charge < -0.3 is 4.74 Å². The Kier molecular flexibility index (Phi) is 8.74. The summed E-state index contributed by atoms with van der Waals surface area (Å²) in [5, 5.41) is 0. The molecule has 3 aromatic rings. The molecule has 2 nitrogen and oxygen atoms in total. The van der Waals surface area contributed by atoms with Crippen LogP contribution in [-0.2, 0) is 39.8 Å². The van der Waals surface area contributed by atoms with Crippen molar-refractivity contribution in [3.05, 3.63) is 93.5 Å². The Balaban J connectivity index is 1.33. The standard InChI is InChI=1S/C46H60O2/c1-29(2)35-24-33-17-19-39-31(5)14-12-21-44(39,6)40(33)26-37(35)38-27-41-34(25-36(38)30(3)4)18-20-42-45(41,7)22-13-23-46(42,8)43(47)48-28-32-15-10-9-11-16-32/h9-11,15-16,24-27,29-31,39,42H,12-14,17-23,28H2,1-8H3. The van der Waals surface area contributed by atoms with Crippen molar-refractivity contribution in [3.8, 4) is 11.1 Å². The molecule has 48 heavy (non-hydrogen) atoms. The Morgan fingerprint density at radius 2 is 1.33 bits per heavy atom. The molecule has 3 aromatic carbocycles. The van der Waals surface area contributed by atoms with Crippen LogP contribution in [0.5, 0.6) is 0 Å². The predicted molar refractivity (Wildman–Crippen MR) is 200 cm³/mol. The van der Waals surface area contributed by atoms with Crippen molar-refractivity contribution >= 4 is 5.97 Å². The Morgan fingerprint density at radius 1 is 0.750 bits per heavy atom. The Bertz CT molecular complexity index is 1680. The first-order chi connectivity index (χ1) is 22.9. The lowest BCUT2D eigenvalue weighted by atomic mass is 9.49. The van der Waals surface area contributed by atoms with Gasteiger partial charge in [-0.05, 0) is 142 Å². The SMILES string of the molecule is CC(C)c1cc2c(cc1-c1cc3c(cc1C(C)C)CCC1C(C)(C(=O)OCc4ccccc4)CCCC31C)C1(C)CCCC(C)C1CC2. The monoisotopic (exact) mass is 644 g/mol. The van der Waals surface area contributed by atoms with Gasteiger partial charge in [-0.3, -0.25) is 4.79 Å². The summed E-state index contributed by atoms with van der Waals surface area (Å²) in [6.07, 6.45) is 11.8. The number of rotatable bonds is 6. The van der Waals surface area contributed by atoms with Crippen LogP contribution in [0, 0.1) is 23.2 Å². The van der Waals surface area contributed by atoms with Crippen LogP contribution in [0.25, 0.3) is 11.1 Å². The molecule has 2 saturated carbocycles. The molecule has 7 rings (SSSR count). The average Bonchev–Trinajstić information content (AvgIpc) is 3.06. The summed E-state index contributed by atoms with van der Waals surface area (Å²) in [6.45, 7) is 19.7. The number of hydrogen-bond donors (Lipinski definition) is 0. The van der Waals surface area contributed by atoms with Gasteiger partial charge in [0.25, 0.3) is 0 Å². The zero-order valence-corrected chi connectivity index (χ0v) is 31.2. The summed E-state index contributed by atoms with van der Waals surface area (Å²) < 4.78 is 6.11. The minimum Gasteiger partial charge on any atom is -0.460 e. The average molecular weight is 645 g/mol. The van der Waals surface area contributed by atoms with Crippen LogP contribution in [0.3, 0.4) is 0 Å². The van der Waals surface area contributed by atoms with Crippen LogP contribution in [0.2, 0.25) is 0 Å². The first-order valence-electron chi connectivity index (χ1n) is 19.4. The van der Waals surface area contributed by atoms with Crippen LogP contribution in [0.15, 0.2) is 54.6 Å². The molecule has 4 aliphatic rings. The summed E-state index contributed by atoms with van der Waals surface area (Å²) >= 11 is 0. The molecular formula is C46H60O2. The molecule has 4 aliphatic carbocycles. The molecule has 0 N–H and O–H groups in total. The molecule has 0 heterocycles. The molecule has 6 atom stereocenters. The van der Waals surface area contributed by atoms with Crippen molar-refractivity contribution in [1.82, 2.24) is 0 Å². The quantitative estimate of drug-likeness (QED) is 0.250. The van der Waals surface area contributed by atoms with E-state index < -0.39 is 5.41 Å². The molecule has 6 unspecified atom stereocenters. The molecule has 0 radical (unpaired) electrons. The van der Waals surface area contributed by atoms with Gasteiger partial charge in [0.05, 0.1) is 5.41 Å². The van der Waals surface area contributed by atoms with Crippen molar-refractivity contribution in [2.45, 2.75) is 149 Å². The summed E-state index contributed by atoms with van der Waals surface area (Å²) in [7, 11) is 0. The van der Waals surface area contributed by atoms with Gasteiger partial charge in [-0.25, -0.2) is 0 Å². The topological polar surface area (TPSA) is 26.3 Å². The van der Waals surface area contributed by atoms with E-state index in [9.17, 15) is 4.79 Å². The maximum Gasteiger partial charge on any atom is 0.312 e. The zero-order chi connectivity index (χ0) is 34.0. The van der Waals surface area contributed by atoms with Gasteiger partial charge in [0.2, 0.25) is 0 Å². The highest BCUT2D eigenvalue weighted by atomic mass is 16.5. The van der Waals surface area contributed by atoms with Gasteiger partial charge in [-0.1, -0.05) is 122 Å². The van der Waals surface area contributed by atoms with Crippen molar-refractivity contribution in [2.75, 3.05) is 0 Å². The van der Waals surface area contributed by atoms with Gasteiger partial charge in [-0.15, -0.1) is 0 Å². The van der Waals surface area contributed by atoms with Gasteiger partial charge in [0, 0.05) is 0 Å². The Morgan fingerprint density at radius 3 is 1.96 bits per heavy atom. The van der Waals surface area contributed by atoms with E-state index in [1.807, 2.05) is 30.3 Å². The number of hydrogen-bond acceptors (Lipinski definition) is 2. The molecule has 0 aliphatic heterocycles. The smallest absolute Gasteiger partial charge is 0.312 e. The summed E-state index contributed by atoms with van der Waals surface area (Å²) in [5.74, 6) is 2.74.